The van der Waals surface area contributed by atoms with E-state index in [1.165, 1.54) is 16.0 Å². The van der Waals surface area contributed by atoms with Crippen molar-refractivity contribution in [3.63, 3.8) is 0 Å². The first-order chi connectivity index (χ1) is 5.27. The van der Waals surface area contributed by atoms with Gasteiger partial charge in [-0.25, -0.2) is 0 Å². The van der Waals surface area contributed by atoms with Gasteiger partial charge in [-0.15, -0.1) is 23.4 Å². The number of rotatable bonds is 2. The molecular weight excluding hydrogens is 176 g/mol. The first kappa shape index (κ1) is 8.95. The number of hydrogen-bond donors (Lipinski definition) is 0. The van der Waals surface area contributed by atoms with E-state index in [9.17, 15) is 0 Å². The maximum Gasteiger partial charge on any atom is 0.0474 e. The molecule has 0 radical (unpaired) electrons. The van der Waals surface area contributed by atoms with E-state index in [0.717, 1.165) is 0 Å². The highest BCUT2D eigenvalue weighted by Gasteiger charge is 1.96. The summed E-state index contributed by atoms with van der Waals surface area (Å²) >= 11 is 7.46. The van der Waals surface area contributed by atoms with E-state index in [1.807, 2.05) is 0 Å². The first-order valence-electron chi connectivity index (χ1n) is 3.47. The lowest BCUT2D eigenvalue weighted by atomic mass is 10.2. The highest BCUT2D eigenvalue weighted by atomic mass is 35.5. The van der Waals surface area contributed by atoms with Gasteiger partial charge in [-0.3, -0.25) is 0 Å². The second-order valence-electron chi connectivity index (χ2n) is 2.44. The highest BCUT2D eigenvalue weighted by Crippen LogP contribution is 2.21. The van der Waals surface area contributed by atoms with E-state index in [-0.39, 0.29) is 0 Å². The summed E-state index contributed by atoms with van der Waals surface area (Å²) in [6, 6.07) is 6.34. The lowest BCUT2D eigenvalue weighted by Crippen LogP contribution is -1.82. The summed E-state index contributed by atoms with van der Waals surface area (Å²) in [5, 5.41) is 0. The van der Waals surface area contributed by atoms with Crippen molar-refractivity contribution in [3.8, 4) is 0 Å². The highest BCUT2D eigenvalue weighted by molar-refractivity contribution is 7.98. The molecule has 0 fully saturated rings. The molecule has 0 aliphatic carbocycles. The van der Waals surface area contributed by atoms with Crippen LogP contribution in [0, 0.1) is 6.92 Å². The molecule has 1 rings (SSSR count). The minimum Gasteiger partial charge on any atom is -0.129 e. The van der Waals surface area contributed by atoms with Crippen LogP contribution in [-0.4, -0.2) is 6.26 Å². The van der Waals surface area contributed by atoms with Gasteiger partial charge in [-0.05, 0) is 30.4 Å². The minimum absolute atomic E-state index is 0.607. The lowest BCUT2D eigenvalue weighted by molar-refractivity contribution is 1.25. The Morgan fingerprint density at radius 2 is 2.18 bits per heavy atom. The largest absolute Gasteiger partial charge is 0.129 e. The molecule has 1 aromatic rings. The second kappa shape index (κ2) is 4.03. The van der Waals surface area contributed by atoms with Gasteiger partial charge in [0, 0.05) is 10.8 Å². The van der Waals surface area contributed by atoms with Gasteiger partial charge in [0.15, 0.2) is 0 Å². The average molecular weight is 187 g/mol. The van der Waals surface area contributed by atoms with Gasteiger partial charge in [-0.2, -0.15) is 0 Å². The Morgan fingerprint density at radius 1 is 1.45 bits per heavy atom. The van der Waals surface area contributed by atoms with E-state index in [1.54, 1.807) is 11.8 Å². The Hall–Kier alpha value is -0.140. The molecule has 0 amide bonds. The number of halogens is 1. The molecule has 0 aliphatic heterocycles. The first-order valence-corrected chi connectivity index (χ1v) is 5.23. The van der Waals surface area contributed by atoms with Crippen molar-refractivity contribution in [1.82, 2.24) is 0 Å². The minimum atomic E-state index is 0.607. The lowest BCUT2D eigenvalue weighted by Gasteiger charge is -2.02. The smallest absolute Gasteiger partial charge is 0.0474 e. The molecule has 0 nitrogen and oxygen atoms in total. The van der Waals surface area contributed by atoms with Crippen LogP contribution in [0.3, 0.4) is 0 Å². The molecule has 11 heavy (non-hydrogen) atoms. The molecule has 0 atom stereocenters. The van der Waals surface area contributed by atoms with Crippen LogP contribution in [-0.2, 0) is 5.88 Å². The van der Waals surface area contributed by atoms with E-state index in [2.05, 4.69) is 31.4 Å². The van der Waals surface area contributed by atoms with Gasteiger partial charge in [0.2, 0.25) is 0 Å². The molecule has 2 heteroatoms. The summed E-state index contributed by atoms with van der Waals surface area (Å²) in [6.07, 6.45) is 2.09. The standard InChI is InChI=1S/C9H11ClS/c1-7-5-8(6-10)3-4-9(7)11-2/h3-5H,6H2,1-2H3. The Labute approximate surface area is 77.0 Å². The average Bonchev–Trinajstić information content (AvgIpc) is 2.04. The van der Waals surface area contributed by atoms with E-state index >= 15 is 0 Å². The quantitative estimate of drug-likeness (QED) is 0.504. The molecule has 0 aliphatic rings. The predicted molar refractivity (Wildman–Crippen MR) is 52.5 cm³/mol. The van der Waals surface area contributed by atoms with Crippen molar-refractivity contribution in [2.24, 2.45) is 0 Å². The summed E-state index contributed by atoms with van der Waals surface area (Å²) in [7, 11) is 0. The van der Waals surface area contributed by atoms with E-state index in [4.69, 9.17) is 11.6 Å². The van der Waals surface area contributed by atoms with Crippen LogP contribution in [0.15, 0.2) is 23.1 Å². The third-order valence-electron chi connectivity index (χ3n) is 1.61. The van der Waals surface area contributed by atoms with Gasteiger partial charge in [-0.1, -0.05) is 12.1 Å². The summed E-state index contributed by atoms with van der Waals surface area (Å²) in [5.41, 5.74) is 2.51. The molecule has 60 valence electrons. The van der Waals surface area contributed by atoms with Gasteiger partial charge in [0.25, 0.3) is 0 Å². The van der Waals surface area contributed by atoms with Crippen LogP contribution in [0.1, 0.15) is 11.1 Å². The fraction of sp³-hybridized carbons (Fsp3) is 0.333. The van der Waals surface area contributed by atoms with Crippen LogP contribution in [0.25, 0.3) is 0 Å². The van der Waals surface area contributed by atoms with Crippen molar-refractivity contribution in [2.75, 3.05) is 6.26 Å². The van der Waals surface area contributed by atoms with E-state index < -0.39 is 0 Å². The normalized spacial score (nSPS) is 10.1. The summed E-state index contributed by atoms with van der Waals surface area (Å²) in [6.45, 7) is 2.11. The van der Waals surface area contributed by atoms with Crippen LogP contribution in [0.4, 0.5) is 0 Å². The third kappa shape index (κ3) is 2.14. The van der Waals surface area contributed by atoms with Gasteiger partial charge >= 0.3 is 0 Å². The molecular formula is C9H11ClS. The maximum atomic E-state index is 5.69. The fourth-order valence-corrected chi connectivity index (χ4v) is 1.77. The summed E-state index contributed by atoms with van der Waals surface area (Å²) < 4.78 is 0. The zero-order valence-electron chi connectivity index (χ0n) is 6.73. The SMILES string of the molecule is CSc1ccc(CCl)cc1C. The number of benzene rings is 1. The molecule has 0 aromatic heterocycles. The molecule has 0 spiro atoms. The van der Waals surface area contributed by atoms with Crippen molar-refractivity contribution in [1.29, 1.82) is 0 Å². The molecule has 1 aromatic carbocycles. The molecule has 0 saturated heterocycles. The third-order valence-corrected chi connectivity index (χ3v) is 2.82. The zero-order chi connectivity index (χ0) is 8.27. The Bertz CT molecular complexity index is 245. The molecule has 0 saturated carbocycles. The number of aryl methyl sites for hydroxylation is 1. The summed E-state index contributed by atoms with van der Waals surface area (Å²) in [5.74, 6) is 0.607. The van der Waals surface area contributed by atoms with Gasteiger partial charge in [0.05, 0.1) is 0 Å². The van der Waals surface area contributed by atoms with E-state index in [0.29, 0.717) is 5.88 Å². The van der Waals surface area contributed by atoms with Crippen LogP contribution in [0.2, 0.25) is 0 Å². The second-order valence-corrected chi connectivity index (χ2v) is 3.55. The predicted octanol–water partition coefficient (Wildman–Crippen LogP) is 3.46. The Morgan fingerprint density at radius 3 is 2.64 bits per heavy atom. The number of hydrogen-bond acceptors (Lipinski definition) is 1. The molecule has 0 unspecified atom stereocenters. The van der Waals surface area contributed by atoms with Crippen molar-refractivity contribution in [3.05, 3.63) is 29.3 Å². The van der Waals surface area contributed by atoms with Gasteiger partial charge < -0.3 is 0 Å². The van der Waals surface area contributed by atoms with Crippen LogP contribution < -0.4 is 0 Å². The Kier molecular flexibility index (Phi) is 3.28. The van der Waals surface area contributed by atoms with Crippen LogP contribution >= 0.6 is 23.4 Å². The molecule has 0 N–H and O–H groups in total. The van der Waals surface area contributed by atoms with Crippen molar-refractivity contribution in [2.45, 2.75) is 17.7 Å². The van der Waals surface area contributed by atoms with Crippen molar-refractivity contribution >= 4 is 23.4 Å². The molecule has 0 bridgehead atoms. The number of alkyl halides is 1. The zero-order valence-corrected chi connectivity index (χ0v) is 8.30. The van der Waals surface area contributed by atoms with Crippen LogP contribution in [0.5, 0.6) is 0 Å². The van der Waals surface area contributed by atoms with Crippen molar-refractivity contribution < 1.29 is 0 Å². The number of thioether (sulfide) groups is 1. The fourth-order valence-electron chi connectivity index (χ4n) is 1.02. The van der Waals surface area contributed by atoms with Gasteiger partial charge in [0.1, 0.15) is 0 Å². The maximum absolute atomic E-state index is 5.69. The topological polar surface area (TPSA) is 0 Å². The Balaban J connectivity index is 2.99. The monoisotopic (exact) mass is 186 g/mol. The summed E-state index contributed by atoms with van der Waals surface area (Å²) in [4.78, 5) is 1.33. The molecule has 0 heterocycles.